The zero-order valence-electron chi connectivity index (χ0n) is 18.5. The normalized spacial score (nSPS) is 28.4. The number of hydrogen-bond acceptors (Lipinski definition) is 4. The second kappa shape index (κ2) is 7.09. The first-order chi connectivity index (χ1) is 15.7. The van der Waals surface area contributed by atoms with E-state index in [1.165, 1.54) is 25.4 Å². The summed E-state index contributed by atoms with van der Waals surface area (Å²) in [5, 5.41) is 6.74. The topological polar surface area (TPSA) is 71.9 Å². The van der Waals surface area contributed by atoms with Gasteiger partial charge < -0.3 is 15.0 Å². The highest BCUT2D eigenvalue weighted by atomic mass is 32.1. The molecule has 0 aliphatic heterocycles. The van der Waals surface area contributed by atoms with Gasteiger partial charge in [0.15, 0.2) is 0 Å². The highest BCUT2D eigenvalue weighted by Gasteiger charge is 2.72. The molecule has 0 unspecified atom stereocenters. The number of H-pyrrole nitrogens is 1. The lowest BCUT2D eigenvalue weighted by molar-refractivity contribution is -0.235. The quantitative estimate of drug-likeness (QED) is 0.406. The Kier molecular flexibility index (Phi) is 4.88. The molecule has 4 aliphatic rings. The van der Waals surface area contributed by atoms with E-state index >= 15 is 0 Å². The second-order valence-electron chi connectivity index (χ2n) is 10.3. The van der Waals surface area contributed by atoms with Gasteiger partial charge in [-0.1, -0.05) is 19.1 Å². The van der Waals surface area contributed by atoms with Crippen LogP contribution in [0.1, 0.15) is 60.8 Å². The summed E-state index contributed by atoms with van der Waals surface area (Å²) in [7, 11) is 1.52. The first-order valence-electron chi connectivity index (χ1n) is 10.8. The molecular weight excluding hydrogens is 479 g/mol. The Labute approximate surface area is 196 Å². The van der Waals surface area contributed by atoms with Crippen LogP contribution in [0.5, 0.6) is 0 Å². The van der Waals surface area contributed by atoms with Crippen molar-refractivity contribution >= 4 is 23.8 Å². The number of ether oxygens (including phenoxy) is 1. The van der Waals surface area contributed by atoms with Crippen LogP contribution in [0.15, 0.2) is 18.3 Å². The average Bonchev–Trinajstić information content (AvgIpc) is 2.97. The highest BCUT2D eigenvalue weighted by Crippen LogP contribution is 2.70. The van der Waals surface area contributed by atoms with Crippen LogP contribution in [0, 0.1) is 10.1 Å². The van der Waals surface area contributed by atoms with Gasteiger partial charge in [0.25, 0.3) is 5.91 Å². The van der Waals surface area contributed by atoms with Crippen LogP contribution in [-0.2, 0) is 22.9 Å². The zero-order chi connectivity index (χ0) is 24.7. The number of carbonyl (C=O) groups excluding carboxylic acids is 1. The number of amides is 1. The molecule has 2 bridgehead atoms. The van der Waals surface area contributed by atoms with E-state index in [9.17, 15) is 26.7 Å². The van der Waals surface area contributed by atoms with Gasteiger partial charge in [-0.2, -0.15) is 18.3 Å². The van der Waals surface area contributed by atoms with Crippen molar-refractivity contribution in [3.05, 3.63) is 39.9 Å². The fraction of sp³-hybridized carbons (Fsp3) is 0.591. The van der Waals surface area contributed by atoms with Gasteiger partial charge in [0.05, 0.1) is 11.3 Å². The summed E-state index contributed by atoms with van der Waals surface area (Å²) in [5.74, 6) is -3.89. The van der Waals surface area contributed by atoms with Crippen molar-refractivity contribution < 1.29 is 31.5 Å². The predicted octanol–water partition coefficient (Wildman–Crippen LogP) is 5.47. The molecule has 0 aromatic carbocycles. The minimum atomic E-state index is -4.87. The van der Waals surface area contributed by atoms with Crippen LogP contribution in [0.4, 0.5) is 27.6 Å². The first kappa shape index (κ1) is 23.4. The van der Waals surface area contributed by atoms with Gasteiger partial charge in [-0.3, -0.25) is 9.48 Å². The Bertz CT molecular complexity index is 1210. The summed E-state index contributed by atoms with van der Waals surface area (Å²) in [6.45, 7) is 1.34. The molecule has 0 atom stereocenters. The number of aromatic nitrogens is 3. The molecule has 1 amide bonds. The summed E-state index contributed by atoms with van der Waals surface area (Å²) < 4.78 is 77.2. The maximum atomic E-state index is 14.4. The summed E-state index contributed by atoms with van der Waals surface area (Å²) in [4.78, 5) is 15.9. The molecule has 6 nitrogen and oxygen atoms in total. The molecule has 0 saturated heterocycles. The summed E-state index contributed by atoms with van der Waals surface area (Å²) >= 11 is 5.01. The van der Waals surface area contributed by atoms with E-state index in [-0.39, 0.29) is 22.6 Å². The molecule has 12 heteroatoms. The number of anilines is 1. The fourth-order valence-electron chi connectivity index (χ4n) is 5.99. The Balaban J connectivity index is 1.58. The van der Waals surface area contributed by atoms with E-state index in [0.717, 1.165) is 4.68 Å². The lowest BCUT2D eigenvalue weighted by Gasteiger charge is -2.68. The first-order valence-corrected chi connectivity index (χ1v) is 11.2. The van der Waals surface area contributed by atoms with Crippen LogP contribution in [0.2, 0.25) is 0 Å². The van der Waals surface area contributed by atoms with E-state index in [1.54, 1.807) is 6.92 Å². The third-order valence-corrected chi connectivity index (χ3v) is 7.54. The van der Waals surface area contributed by atoms with E-state index in [2.05, 4.69) is 15.4 Å². The molecule has 4 fully saturated rings. The van der Waals surface area contributed by atoms with Gasteiger partial charge in [-0.25, -0.2) is 8.78 Å². The van der Waals surface area contributed by atoms with Crippen molar-refractivity contribution in [3.8, 4) is 0 Å². The van der Waals surface area contributed by atoms with Crippen LogP contribution in [-0.4, -0.2) is 39.3 Å². The minimum absolute atomic E-state index is 0.205. The predicted molar refractivity (Wildman–Crippen MR) is 114 cm³/mol. The monoisotopic (exact) mass is 502 g/mol. The molecule has 34 heavy (non-hydrogen) atoms. The second-order valence-corrected chi connectivity index (χ2v) is 10.8. The van der Waals surface area contributed by atoms with E-state index in [1.807, 2.05) is 0 Å². The molecule has 2 heterocycles. The van der Waals surface area contributed by atoms with Crippen molar-refractivity contribution in [1.29, 1.82) is 0 Å². The number of alkyl halides is 5. The number of carbonyl (C=O) groups is 1. The maximum absolute atomic E-state index is 14.4. The van der Waals surface area contributed by atoms with Gasteiger partial charge >= 0.3 is 6.18 Å². The maximum Gasteiger partial charge on any atom is 0.420 e. The highest BCUT2D eigenvalue weighted by molar-refractivity contribution is 7.71. The molecule has 4 saturated carbocycles. The van der Waals surface area contributed by atoms with Crippen molar-refractivity contribution in [2.75, 3.05) is 12.4 Å². The molecule has 184 valence electrons. The van der Waals surface area contributed by atoms with E-state index in [4.69, 9.17) is 17.0 Å². The zero-order valence-corrected chi connectivity index (χ0v) is 19.3. The summed E-state index contributed by atoms with van der Waals surface area (Å²) in [6.07, 6.45) is -3.25. The van der Waals surface area contributed by atoms with E-state index in [0.29, 0.717) is 19.3 Å². The number of rotatable bonds is 6. The lowest BCUT2D eigenvalue weighted by Crippen LogP contribution is -2.71. The molecule has 0 radical (unpaired) electrons. The Morgan fingerprint density at radius 2 is 1.91 bits per heavy atom. The van der Waals surface area contributed by atoms with Crippen LogP contribution in [0.3, 0.4) is 0 Å². The summed E-state index contributed by atoms with van der Waals surface area (Å²) in [5.41, 5.74) is -4.03. The number of hydrogen-bond donors (Lipinski definition) is 2. The Hall–Kier alpha value is -2.34. The third kappa shape index (κ3) is 3.65. The fourth-order valence-corrected chi connectivity index (χ4v) is 6.19. The standard InChI is InChI=1S/C22H23F5N4O2S/c1-18(6-21(23,24)7-18)11-31-15(17(32)29-12-3-4-28-13(34)5-12)14(22(25,26)27)16(30-31)19-8-20(9-19,10-19)33-2/h3-5H,6-11H2,1-2H3,(H2,28,29,32,34). The molecule has 2 aromatic rings. The van der Waals surface area contributed by atoms with Gasteiger partial charge in [-0.05, 0) is 36.8 Å². The lowest BCUT2D eigenvalue weighted by atomic mass is 9.39. The molecule has 2 aromatic heterocycles. The smallest absolute Gasteiger partial charge is 0.378 e. The SMILES string of the molecule is COC12CC(c3nn(CC4(C)CC(F)(F)C4)c(C(=O)Nc4cc[nH]c(=S)c4)c3C(F)(F)F)(C1)C2. The number of halogens is 5. The number of pyridine rings is 1. The van der Waals surface area contributed by atoms with Crippen molar-refractivity contribution in [3.63, 3.8) is 0 Å². The molecule has 0 spiro atoms. The van der Waals surface area contributed by atoms with E-state index < -0.39 is 58.5 Å². The number of nitrogens with zero attached hydrogens (tertiary/aromatic N) is 2. The van der Waals surface area contributed by atoms with Crippen LogP contribution >= 0.6 is 12.2 Å². The summed E-state index contributed by atoms with van der Waals surface area (Å²) in [6, 6.07) is 2.86. The van der Waals surface area contributed by atoms with Gasteiger partial charge in [-0.15, -0.1) is 0 Å². The third-order valence-electron chi connectivity index (χ3n) is 7.30. The van der Waals surface area contributed by atoms with Crippen LogP contribution in [0.25, 0.3) is 0 Å². The molecule has 2 N–H and O–H groups in total. The average molecular weight is 503 g/mol. The van der Waals surface area contributed by atoms with Crippen molar-refractivity contribution in [2.24, 2.45) is 5.41 Å². The Morgan fingerprint density at radius 1 is 1.26 bits per heavy atom. The van der Waals surface area contributed by atoms with Gasteiger partial charge in [0.2, 0.25) is 5.92 Å². The minimum Gasteiger partial charge on any atom is -0.378 e. The molecule has 4 aliphatic carbocycles. The largest absolute Gasteiger partial charge is 0.420 e. The number of aromatic amines is 1. The molecular formula is C22H23F5N4O2S. The Morgan fingerprint density at radius 3 is 2.44 bits per heavy atom. The van der Waals surface area contributed by atoms with Crippen LogP contribution < -0.4 is 5.32 Å². The van der Waals surface area contributed by atoms with Gasteiger partial charge in [0, 0.05) is 43.8 Å². The van der Waals surface area contributed by atoms with Crippen molar-refractivity contribution in [2.45, 2.75) is 68.7 Å². The molecule has 6 rings (SSSR count). The number of nitrogens with one attached hydrogen (secondary N) is 2. The number of methoxy groups -OCH3 is 1. The van der Waals surface area contributed by atoms with Crippen molar-refractivity contribution in [1.82, 2.24) is 14.8 Å². The van der Waals surface area contributed by atoms with Gasteiger partial charge in [0.1, 0.15) is 15.9 Å².